The molecule has 0 aliphatic heterocycles. The standard InChI is InChI=1S/C15H32/c1-7-14(8-2)10-11-15(6,9-3)12-13(4)5/h13-14H,7-12H2,1-6H3. The van der Waals surface area contributed by atoms with E-state index in [9.17, 15) is 0 Å². The largest absolute Gasteiger partial charge is 0.0651 e. The summed E-state index contributed by atoms with van der Waals surface area (Å²) in [6.07, 6.45) is 8.31. The molecular weight excluding hydrogens is 180 g/mol. The molecule has 0 aliphatic carbocycles. The molecule has 0 amide bonds. The molecule has 15 heavy (non-hydrogen) atoms. The van der Waals surface area contributed by atoms with E-state index in [0.29, 0.717) is 5.41 Å². The van der Waals surface area contributed by atoms with Crippen LogP contribution in [0.15, 0.2) is 0 Å². The smallest absolute Gasteiger partial charge is 0.0326 e. The average molecular weight is 212 g/mol. The van der Waals surface area contributed by atoms with E-state index in [4.69, 9.17) is 0 Å². The highest BCUT2D eigenvalue weighted by Crippen LogP contribution is 2.36. The van der Waals surface area contributed by atoms with Crippen molar-refractivity contribution in [3.63, 3.8) is 0 Å². The van der Waals surface area contributed by atoms with E-state index < -0.39 is 0 Å². The summed E-state index contributed by atoms with van der Waals surface area (Å²) >= 11 is 0. The van der Waals surface area contributed by atoms with Crippen LogP contribution in [0.5, 0.6) is 0 Å². The van der Waals surface area contributed by atoms with Crippen LogP contribution >= 0.6 is 0 Å². The van der Waals surface area contributed by atoms with Gasteiger partial charge in [-0.2, -0.15) is 0 Å². The molecule has 0 rings (SSSR count). The molecule has 0 aliphatic rings. The first-order valence-electron chi connectivity index (χ1n) is 6.97. The lowest BCUT2D eigenvalue weighted by molar-refractivity contribution is 0.203. The zero-order chi connectivity index (χ0) is 11.9. The van der Waals surface area contributed by atoms with Gasteiger partial charge in [-0.15, -0.1) is 0 Å². The molecule has 0 aromatic carbocycles. The molecule has 0 N–H and O–H groups in total. The Morgan fingerprint density at radius 3 is 1.87 bits per heavy atom. The highest BCUT2D eigenvalue weighted by molar-refractivity contribution is 4.75. The zero-order valence-corrected chi connectivity index (χ0v) is 11.9. The summed E-state index contributed by atoms with van der Waals surface area (Å²) in [4.78, 5) is 0. The Labute approximate surface area is 97.8 Å². The fourth-order valence-electron chi connectivity index (χ4n) is 2.66. The highest BCUT2D eigenvalue weighted by Gasteiger charge is 2.23. The van der Waals surface area contributed by atoms with E-state index in [0.717, 1.165) is 11.8 Å². The number of rotatable bonds is 8. The van der Waals surface area contributed by atoms with Gasteiger partial charge in [0.2, 0.25) is 0 Å². The van der Waals surface area contributed by atoms with Crippen LogP contribution in [0.1, 0.15) is 80.1 Å². The summed E-state index contributed by atoms with van der Waals surface area (Å²) in [5.74, 6) is 1.81. The molecule has 1 unspecified atom stereocenters. The fraction of sp³-hybridized carbons (Fsp3) is 1.00. The van der Waals surface area contributed by atoms with Crippen LogP contribution < -0.4 is 0 Å². The number of hydrogen-bond acceptors (Lipinski definition) is 0. The Hall–Kier alpha value is 0. The van der Waals surface area contributed by atoms with Gasteiger partial charge in [0.25, 0.3) is 0 Å². The third kappa shape index (κ3) is 6.22. The quantitative estimate of drug-likeness (QED) is 0.486. The summed E-state index contributed by atoms with van der Waals surface area (Å²) in [6, 6.07) is 0. The molecule has 92 valence electrons. The van der Waals surface area contributed by atoms with Gasteiger partial charge in [0.05, 0.1) is 0 Å². The SMILES string of the molecule is CCC(CC)CCC(C)(CC)CC(C)C. The molecule has 1 atom stereocenters. The van der Waals surface area contributed by atoms with Gasteiger partial charge >= 0.3 is 0 Å². The molecule has 0 saturated heterocycles. The minimum atomic E-state index is 0.594. The van der Waals surface area contributed by atoms with Crippen molar-refractivity contribution in [1.29, 1.82) is 0 Å². The van der Waals surface area contributed by atoms with Gasteiger partial charge in [-0.1, -0.05) is 60.8 Å². The van der Waals surface area contributed by atoms with Gasteiger partial charge in [-0.05, 0) is 36.5 Å². The van der Waals surface area contributed by atoms with Gasteiger partial charge < -0.3 is 0 Å². The summed E-state index contributed by atoms with van der Waals surface area (Å²) in [6.45, 7) is 14.2. The topological polar surface area (TPSA) is 0 Å². The third-order valence-electron chi connectivity index (χ3n) is 4.07. The molecule has 0 heterocycles. The molecule has 0 aromatic rings. The second-order valence-corrected chi connectivity index (χ2v) is 5.98. The van der Waals surface area contributed by atoms with E-state index in [1.165, 1.54) is 38.5 Å². The highest BCUT2D eigenvalue weighted by atomic mass is 14.3. The van der Waals surface area contributed by atoms with Gasteiger partial charge in [0.15, 0.2) is 0 Å². The monoisotopic (exact) mass is 212 g/mol. The first-order chi connectivity index (χ1) is 6.97. The molecule has 0 heteroatoms. The normalized spacial score (nSPS) is 16.0. The molecule has 0 aromatic heterocycles. The minimum absolute atomic E-state index is 0.594. The van der Waals surface area contributed by atoms with Crippen molar-refractivity contribution in [2.45, 2.75) is 80.1 Å². The lowest BCUT2D eigenvalue weighted by Crippen LogP contribution is -2.19. The van der Waals surface area contributed by atoms with Crippen molar-refractivity contribution in [3.8, 4) is 0 Å². The van der Waals surface area contributed by atoms with E-state index >= 15 is 0 Å². The second kappa shape index (κ2) is 7.30. The maximum Gasteiger partial charge on any atom is -0.0326 e. The van der Waals surface area contributed by atoms with Crippen molar-refractivity contribution >= 4 is 0 Å². The third-order valence-corrected chi connectivity index (χ3v) is 4.07. The molecule has 0 saturated carbocycles. The summed E-state index contributed by atoms with van der Waals surface area (Å²) < 4.78 is 0. The summed E-state index contributed by atoms with van der Waals surface area (Å²) in [5, 5.41) is 0. The van der Waals surface area contributed by atoms with E-state index in [-0.39, 0.29) is 0 Å². The lowest BCUT2D eigenvalue weighted by Gasteiger charge is -2.31. The minimum Gasteiger partial charge on any atom is -0.0651 e. The molecule has 0 spiro atoms. The first-order valence-corrected chi connectivity index (χ1v) is 6.97. The lowest BCUT2D eigenvalue weighted by atomic mass is 9.74. The summed E-state index contributed by atoms with van der Waals surface area (Å²) in [7, 11) is 0. The van der Waals surface area contributed by atoms with Crippen LogP contribution in [-0.2, 0) is 0 Å². The van der Waals surface area contributed by atoms with Crippen LogP contribution in [0.25, 0.3) is 0 Å². The fourth-order valence-corrected chi connectivity index (χ4v) is 2.66. The van der Waals surface area contributed by atoms with E-state index in [1.807, 2.05) is 0 Å². The van der Waals surface area contributed by atoms with Crippen LogP contribution in [0.3, 0.4) is 0 Å². The molecular formula is C15H32. The second-order valence-electron chi connectivity index (χ2n) is 5.98. The molecule has 0 fully saturated rings. The van der Waals surface area contributed by atoms with Crippen molar-refractivity contribution in [2.75, 3.05) is 0 Å². The van der Waals surface area contributed by atoms with Crippen molar-refractivity contribution in [1.82, 2.24) is 0 Å². The first kappa shape index (κ1) is 15.0. The predicted molar refractivity (Wildman–Crippen MR) is 71.2 cm³/mol. The van der Waals surface area contributed by atoms with Crippen LogP contribution in [-0.4, -0.2) is 0 Å². The Morgan fingerprint density at radius 2 is 1.53 bits per heavy atom. The Bertz CT molecular complexity index is 144. The zero-order valence-electron chi connectivity index (χ0n) is 11.9. The predicted octanol–water partition coefficient (Wildman–Crippen LogP) is 5.67. The van der Waals surface area contributed by atoms with Crippen LogP contribution in [0, 0.1) is 17.3 Å². The number of hydrogen-bond donors (Lipinski definition) is 0. The van der Waals surface area contributed by atoms with Crippen molar-refractivity contribution in [3.05, 3.63) is 0 Å². The maximum atomic E-state index is 2.48. The Balaban J connectivity index is 4.07. The summed E-state index contributed by atoms with van der Waals surface area (Å²) in [5.41, 5.74) is 0.594. The Morgan fingerprint density at radius 1 is 1.00 bits per heavy atom. The average Bonchev–Trinajstić information content (AvgIpc) is 2.18. The van der Waals surface area contributed by atoms with Gasteiger partial charge in [-0.25, -0.2) is 0 Å². The molecule has 0 bridgehead atoms. The maximum absolute atomic E-state index is 2.48. The van der Waals surface area contributed by atoms with Gasteiger partial charge in [0, 0.05) is 0 Å². The molecule has 0 radical (unpaired) electrons. The van der Waals surface area contributed by atoms with Crippen LogP contribution in [0.2, 0.25) is 0 Å². The van der Waals surface area contributed by atoms with Gasteiger partial charge in [0.1, 0.15) is 0 Å². The van der Waals surface area contributed by atoms with Crippen molar-refractivity contribution in [2.24, 2.45) is 17.3 Å². The molecule has 0 nitrogen and oxygen atoms in total. The van der Waals surface area contributed by atoms with E-state index in [2.05, 4.69) is 41.5 Å². The van der Waals surface area contributed by atoms with Gasteiger partial charge in [-0.3, -0.25) is 0 Å². The van der Waals surface area contributed by atoms with Crippen LogP contribution in [0.4, 0.5) is 0 Å². The van der Waals surface area contributed by atoms with E-state index in [1.54, 1.807) is 0 Å². The Kier molecular flexibility index (Phi) is 7.30. The van der Waals surface area contributed by atoms with Crippen molar-refractivity contribution < 1.29 is 0 Å².